The fraction of sp³-hybridized carbons (Fsp3) is 0.333. The predicted molar refractivity (Wildman–Crippen MR) is 78.9 cm³/mol. The largest absolute Gasteiger partial charge is 0.468 e. The van der Waals surface area contributed by atoms with Gasteiger partial charge in [0.1, 0.15) is 5.76 Å². The summed E-state index contributed by atoms with van der Waals surface area (Å²) in [5.41, 5.74) is 1.18. The summed E-state index contributed by atoms with van der Waals surface area (Å²) < 4.78 is 5.35. The number of hydrogen-bond acceptors (Lipinski definition) is 3. The third kappa shape index (κ3) is 3.16. The molecule has 1 aliphatic rings. The van der Waals surface area contributed by atoms with Crippen LogP contribution in [0.2, 0.25) is 5.02 Å². The Kier molecular flexibility index (Phi) is 3.87. The number of rotatable bonds is 5. The van der Waals surface area contributed by atoms with Crippen LogP contribution in [-0.4, -0.2) is 6.04 Å². The first kappa shape index (κ1) is 13.1. The van der Waals surface area contributed by atoms with E-state index < -0.39 is 0 Å². The second-order valence-corrected chi connectivity index (χ2v) is 6.31. The summed E-state index contributed by atoms with van der Waals surface area (Å²) in [6.45, 7) is 2.82. The van der Waals surface area contributed by atoms with Gasteiger partial charge in [-0.1, -0.05) is 29.4 Å². The molecule has 0 amide bonds. The lowest BCUT2D eigenvalue weighted by Crippen LogP contribution is -2.16. The van der Waals surface area contributed by atoms with Crippen molar-refractivity contribution in [3.8, 4) is 0 Å². The van der Waals surface area contributed by atoms with Gasteiger partial charge in [-0.15, -0.1) is 0 Å². The van der Waals surface area contributed by atoms with Gasteiger partial charge < -0.3 is 9.73 Å². The van der Waals surface area contributed by atoms with E-state index in [1.807, 2.05) is 25.1 Å². The summed E-state index contributed by atoms with van der Waals surface area (Å²) in [5.74, 6) is 0.950. The molecule has 0 radical (unpaired) electrons. The monoisotopic (exact) mass is 293 g/mol. The Labute approximate surface area is 122 Å². The van der Waals surface area contributed by atoms with Crippen molar-refractivity contribution in [2.75, 3.05) is 0 Å². The normalized spacial score (nSPS) is 14.8. The zero-order chi connectivity index (χ0) is 13.2. The molecule has 19 heavy (non-hydrogen) atoms. The third-order valence-corrected chi connectivity index (χ3v) is 4.85. The lowest BCUT2D eigenvalue weighted by molar-refractivity contribution is 0.527. The van der Waals surface area contributed by atoms with Gasteiger partial charge >= 0.3 is 0 Å². The topological polar surface area (TPSA) is 25.2 Å². The molecule has 100 valence electrons. The Hall–Kier alpha value is -0.900. The molecule has 3 rings (SSSR count). The van der Waals surface area contributed by atoms with Gasteiger partial charge in [0.2, 0.25) is 0 Å². The number of furan rings is 1. The van der Waals surface area contributed by atoms with Gasteiger partial charge in [0.15, 0.2) is 0 Å². The highest BCUT2D eigenvalue weighted by Gasteiger charge is 2.21. The lowest BCUT2D eigenvalue weighted by atomic mass is 10.2. The van der Waals surface area contributed by atoms with Crippen LogP contribution in [0.3, 0.4) is 0 Å². The van der Waals surface area contributed by atoms with Crippen molar-refractivity contribution in [3.63, 3.8) is 0 Å². The van der Waals surface area contributed by atoms with Crippen LogP contribution in [0.25, 0.3) is 0 Å². The smallest absolute Gasteiger partial charge is 0.114 e. The van der Waals surface area contributed by atoms with Crippen LogP contribution < -0.4 is 5.32 Å². The molecule has 1 N–H and O–H groups in total. The van der Waals surface area contributed by atoms with Crippen molar-refractivity contribution in [2.24, 2.45) is 0 Å². The van der Waals surface area contributed by atoms with E-state index in [0.717, 1.165) is 22.2 Å². The Balaban J connectivity index is 1.82. The lowest BCUT2D eigenvalue weighted by Gasteiger charge is -2.11. The Morgan fingerprint density at radius 3 is 2.84 bits per heavy atom. The van der Waals surface area contributed by atoms with Crippen molar-refractivity contribution in [1.29, 1.82) is 0 Å². The van der Waals surface area contributed by atoms with Crippen LogP contribution in [0.15, 0.2) is 44.7 Å². The van der Waals surface area contributed by atoms with Crippen LogP contribution >= 0.6 is 23.4 Å². The minimum Gasteiger partial charge on any atom is -0.468 e. The molecule has 0 saturated heterocycles. The number of nitrogens with one attached hydrogen (secondary N) is 1. The van der Waals surface area contributed by atoms with Crippen LogP contribution in [-0.2, 0) is 6.54 Å². The fourth-order valence-electron chi connectivity index (χ4n) is 1.94. The highest BCUT2D eigenvalue weighted by Crippen LogP contribution is 2.36. The molecule has 2 aromatic rings. The molecule has 0 atom stereocenters. The van der Waals surface area contributed by atoms with Crippen molar-refractivity contribution in [2.45, 2.75) is 42.1 Å². The summed E-state index contributed by atoms with van der Waals surface area (Å²) in [6.07, 6.45) is 4.30. The van der Waals surface area contributed by atoms with Crippen molar-refractivity contribution in [1.82, 2.24) is 5.32 Å². The number of hydrogen-bond donors (Lipinski definition) is 1. The van der Waals surface area contributed by atoms with E-state index in [1.54, 1.807) is 18.0 Å². The average Bonchev–Trinajstić information content (AvgIpc) is 3.13. The molecule has 1 aromatic carbocycles. The molecule has 1 aliphatic carbocycles. The summed E-state index contributed by atoms with van der Waals surface area (Å²) in [5, 5.41) is 4.36. The molecule has 0 aliphatic heterocycles. The van der Waals surface area contributed by atoms with E-state index in [4.69, 9.17) is 16.0 Å². The van der Waals surface area contributed by atoms with E-state index in [9.17, 15) is 0 Å². The van der Waals surface area contributed by atoms with Gasteiger partial charge in [-0.25, -0.2) is 0 Å². The SMILES string of the molecule is Cc1occc1Sc1cccc(Cl)c1CNC1CC1. The highest BCUT2D eigenvalue weighted by atomic mass is 35.5. The molecule has 1 fully saturated rings. The number of aryl methyl sites for hydroxylation is 1. The first-order valence-corrected chi connectivity index (χ1v) is 7.66. The van der Waals surface area contributed by atoms with E-state index in [-0.39, 0.29) is 0 Å². The number of benzene rings is 1. The minimum absolute atomic E-state index is 0.685. The van der Waals surface area contributed by atoms with Crippen LogP contribution in [0.4, 0.5) is 0 Å². The second-order valence-electron chi connectivity index (χ2n) is 4.81. The first-order chi connectivity index (χ1) is 9.24. The molecule has 0 spiro atoms. The minimum atomic E-state index is 0.685. The molecule has 0 bridgehead atoms. The van der Waals surface area contributed by atoms with Crippen LogP contribution in [0, 0.1) is 6.92 Å². The van der Waals surface area contributed by atoms with Gasteiger partial charge in [0, 0.05) is 22.5 Å². The molecule has 1 aromatic heterocycles. The second kappa shape index (κ2) is 5.61. The van der Waals surface area contributed by atoms with Crippen molar-refractivity contribution < 1.29 is 4.42 Å². The summed E-state index contributed by atoms with van der Waals surface area (Å²) in [6, 6.07) is 8.76. The standard InChI is InChI=1S/C15H16ClNOS/c1-10-14(7-8-18-10)19-15-4-2-3-13(16)12(15)9-17-11-5-6-11/h2-4,7-8,11,17H,5-6,9H2,1H3. The molecule has 0 unspecified atom stereocenters. The summed E-state index contributed by atoms with van der Waals surface area (Å²) in [4.78, 5) is 2.35. The van der Waals surface area contributed by atoms with Crippen LogP contribution in [0.5, 0.6) is 0 Å². The Bertz CT molecular complexity index is 577. The van der Waals surface area contributed by atoms with Gasteiger partial charge in [-0.3, -0.25) is 0 Å². The Morgan fingerprint density at radius 1 is 1.32 bits per heavy atom. The molecule has 2 nitrogen and oxygen atoms in total. The van der Waals surface area contributed by atoms with Crippen molar-refractivity contribution >= 4 is 23.4 Å². The third-order valence-electron chi connectivity index (χ3n) is 3.25. The Morgan fingerprint density at radius 2 is 2.16 bits per heavy atom. The van der Waals surface area contributed by atoms with E-state index in [0.29, 0.717) is 6.04 Å². The molecular weight excluding hydrogens is 278 g/mol. The first-order valence-electron chi connectivity index (χ1n) is 6.47. The zero-order valence-corrected chi connectivity index (χ0v) is 12.4. The van der Waals surface area contributed by atoms with Gasteiger partial charge in [-0.05, 0) is 43.5 Å². The molecular formula is C15H16ClNOS. The van der Waals surface area contributed by atoms with Gasteiger partial charge in [0.25, 0.3) is 0 Å². The molecule has 1 heterocycles. The molecule has 1 saturated carbocycles. The maximum absolute atomic E-state index is 6.34. The summed E-state index contributed by atoms with van der Waals surface area (Å²) in [7, 11) is 0. The average molecular weight is 294 g/mol. The maximum Gasteiger partial charge on any atom is 0.114 e. The fourth-order valence-corrected chi connectivity index (χ4v) is 3.24. The van der Waals surface area contributed by atoms with Crippen molar-refractivity contribution in [3.05, 3.63) is 46.9 Å². The van der Waals surface area contributed by atoms with E-state index in [2.05, 4.69) is 11.4 Å². The molecule has 4 heteroatoms. The van der Waals surface area contributed by atoms with Gasteiger partial charge in [0.05, 0.1) is 11.2 Å². The van der Waals surface area contributed by atoms with Gasteiger partial charge in [-0.2, -0.15) is 0 Å². The zero-order valence-electron chi connectivity index (χ0n) is 10.8. The quantitative estimate of drug-likeness (QED) is 0.869. The maximum atomic E-state index is 6.34. The van der Waals surface area contributed by atoms with Crippen LogP contribution in [0.1, 0.15) is 24.2 Å². The summed E-state index contributed by atoms with van der Waals surface area (Å²) >= 11 is 8.05. The van der Waals surface area contributed by atoms with E-state index >= 15 is 0 Å². The number of halogens is 1. The highest BCUT2D eigenvalue weighted by molar-refractivity contribution is 7.99. The predicted octanol–water partition coefficient (Wildman–Crippen LogP) is 4.64. The van der Waals surface area contributed by atoms with E-state index in [1.165, 1.54) is 23.3 Å².